The van der Waals surface area contributed by atoms with Crippen molar-refractivity contribution in [3.05, 3.63) is 59.2 Å². The fourth-order valence-corrected chi connectivity index (χ4v) is 1.62. The molecule has 0 radical (unpaired) electrons. The normalized spacial score (nSPS) is 9.89. The minimum absolute atomic E-state index is 0.000181. The van der Waals surface area contributed by atoms with Crippen LogP contribution in [0.3, 0.4) is 0 Å². The summed E-state index contributed by atoms with van der Waals surface area (Å²) < 4.78 is 5.48. The van der Waals surface area contributed by atoms with Gasteiger partial charge in [-0.05, 0) is 35.4 Å². The van der Waals surface area contributed by atoms with Gasteiger partial charge in [-0.2, -0.15) is 5.26 Å². The van der Waals surface area contributed by atoms with Gasteiger partial charge in [0.1, 0.15) is 6.61 Å². The molecule has 4 nitrogen and oxygen atoms in total. The predicted molar refractivity (Wildman–Crippen MR) is 69.5 cm³/mol. The van der Waals surface area contributed by atoms with Crippen molar-refractivity contribution in [3.63, 3.8) is 0 Å². The maximum absolute atomic E-state index is 9.70. The van der Waals surface area contributed by atoms with Gasteiger partial charge >= 0.3 is 0 Å². The van der Waals surface area contributed by atoms with E-state index in [1.165, 1.54) is 6.07 Å². The summed E-state index contributed by atoms with van der Waals surface area (Å²) >= 11 is 0. The molecule has 0 aliphatic heterocycles. The summed E-state index contributed by atoms with van der Waals surface area (Å²) in [7, 11) is 0. The van der Waals surface area contributed by atoms with Crippen LogP contribution in [-0.2, 0) is 13.2 Å². The Hall–Kier alpha value is -2.51. The van der Waals surface area contributed by atoms with Crippen LogP contribution in [0.15, 0.2) is 42.5 Å². The van der Waals surface area contributed by atoms with Crippen LogP contribution in [0.25, 0.3) is 0 Å². The number of phenolic OH excluding ortho intramolecular Hbond substituents is 1. The molecule has 0 unspecified atom stereocenters. The number of hydrogen-bond acceptors (Lipinski definition) is 4. The monoisotopic (exact) mass is 255 g/mol. The molecule has 2 rings (SSSR count). The third-order valence-electron chi connectivity index (χ3n) is 2.68. The van der Waals surface area contributed by atoms with Crippen molar-refractivity contribution in [1.29, 1.82) is 5.26 Å². The Kier molecular flexibility index (Phi) is 4.01. The van der Waals surface area contributed by atoms with Crippen LogP contribution in [0.2, 0.25) is 0 Å². The van der Waals surface area contributed by atoms with Gasteiger partial charge in [0.15, 0.2) is 11.5 Å². The molecule has 0 aliphatic carbocycles. The molecule has 0 saturated carbocycles. The second kappa shape index (κ2) is 5.89. The molecular formula is C15H13NO3. The van der Waals surface area contributed by atoms with Gasteiger partial charge in [0.25, 0.3) is 0 Å². The van der Waals surface area contributed by atoms with Crippen LogP contribution in [-0.4, -0.2) is 10.2 Å². The number of nitrogens with zero attached hydrogens (tertiary/aromatic N) is 1. The molecule has 0 aromatic heterocycles. The highest BCUT2D eigenvalue weighted by Crippen LogP contribution is 2.27. The summed E-state index contributed by atoms with van der Waals surface area (Å²) in [6.07, 6.45) is 0. The Morgan fingerprint density at radius 1 is 1.05 bits per heavy atom. The number of phenols is 1. The Morgan fingerprint density at radius 2 is 1.74 bits per heavy atom. The van der Waals surface area contributed by atoms with E-state index in [0.29, 0.717) is 23.5 Å². The van der Waals surface area contributed by atoms with Crippen LogP contribution in [0.5, 0.6) is 11.5 Å². The van der Waals surface area contributed by atoms with E-state index in [-0.39, 0.29) is 12.4 Å². The number of ether oxygens (including phenoxy) is 1. The van der Waals surface area contributed by atoms with Crippen LogP contribution in [0.4, 0.5) is 0 Å². The molecule has 19 heavy (non-hydrogen) atoms. The van der Waals surface area contributed by atoms with E-state index in [1.807, 2.05) is 6.07 Å². The standard InChI is InChI=1S/C15H13NO3/c16-8-11-1-3-12(4-2-11)10-19-15-6-5-13(9-17)7-14(15)18/h1-7,17-18H,9-10H2. The number of aliphatic hydroxyl groups excluding tert-OH is 1. The van der Waals surface area contributed by atoms with Crippen molar-refractivity contribution in [3.8, 4) is 17.6 Å². The van der Waals surface area contributed by atoms with Crippen molar-refractivity contribution in [2.45, 2.75) is 13.2 Å². The smallest absolute Gasteiger partial charge is 0.161 e. The highest BCUT2D eigenvalue weighted by atomic mass is 16.5. The summed E-state index contributed by atoms with van der Waals surface area (Å²) in [5.74, 6) is 0.363. The lowest BCUT2D eigenvalue weighted by atomic mass is 10.1. The lowest BCUT2D eigenvalue weighted by molar-refractivity contribution is 0.276. The molecule has 4 heteroatoms. The van der Waals surface area contributed by atoms with Crippen molar-refractivity contribution in [2.24, 2.45) is 0 Å². The second-order valence-electron chi connectivity index (χ2n) is 4.06. The van der Waals surface area contributed by atoms with Gasteiger partial charge in [-0.1, -0.05) is 18.2 Å². The van der Waals surface area contributed by atoms with Gasteiger partial charge in [-0.25, -0.2) is 0 Å². The molecule has 0 aliphatic rings. The first-order valence-electron chi connectivity index (χ1n) is 5.77. The fourth-order valence-electron chi connectivity index (χ4n) is 1.62. The van der Waals surface area contributed by atoms with Gasteiger partial charge in [-0.15, -0.1) is 0 Å². The molecular weight excluding hydrogens is 242 g/mol. The summed E-state index contributed by atoms with van der Waals surface area (Å²) in [5.41, 5.74) is 2.13. The summed E-state index contributed by atoms with van der Waals surface area (Å²) in [5, 5.41) is 27.3. The van der Waals surface area contributed by atoms with Gasteiger partial charge in [0.05, 0.1) is 18.2 Å². The van der Waals surface area contributed by atoms with Gasteiger partial charge in [0, 0.05) is 0 Å². The van der Waals surface area contributed by atoms with E-state index in [4.69, 9.17) is 15.1 Å². The van der Waals surface area contributed by atoms with E-state index in [9.17, 15) is 5.11 Å². The molecule has 2 N–H and O–H groups in total. The zero-order valence-electron chi connectivity index (χ0n) is 10.2. The van der Waals surface area contributed by atoms with Crippen LogP contribution in [0, 0.1) is 11.3 Å². The topological polar surface area (TPSA) is 73.5 Å². The lowest BCUT2D eigenvalue weighted by Crippen LogP contribution is -1.96. The third-order valence-corrected chi connectivity index (χ3v) is 2.68. The molecule has 0 amide bonds. The Balaban J connectivity index is 2.04. The molecule has 0 heterocycles. The van der Waals surface area contributed by atoms with E-state index in [0.717, 1.165) is 5.56 Å². The first kappa shape index (κ1) is 12.9. The maximum Gasteiger partial charge on any atom is 0.161 e. The Bertz CT molecular complexity index is 600. The van der Waals surface area contributed by atoms with E-state index in [1.54, 1.807) is 36.4 Å². The first-order valence-corrected chi connectivity index (χ1v) is 5.77. The number of rotatable bonds is 4. The van der Waals surface area contributed by atoms with Gasteiger partial charge in [0.2, 0.25) is 0 Å². The van der Waals surface area contributed by atoms with Crippen molar-refractivity contribution >= 4 is 0 Å². The zero-order chi connectivity index (χ0) is 13.7. The molecule has 96 valence electrons. The third kappa shape index (κ3) is 3.24. The highest BCUT2D eigenvalue weighted by molar-refractivity contribution is 5.41. The summed E-state index contributed by atoms with van der Waals surface area (Å²) in [6, 6.07) is 13.9. The first-order chi connectivity index (χ1) is 9.22. The molecule has 0 saturated heterocycles. The van der Waals surface area contributed by atoms with E-state index >= 15 is 0 Å². The number of aromatic hydroxyl groups is 1. The summed E-state index contributed by atoms with van der Waals surface area (Å²) in [4.78, 5) is 0. The zero-order valence-corrected chi connectivity index (χ0v) is 10.2. The van der Waals surface area contributed by atoms with E-state index < -0.39 is 0 Å². The van der Waals surface area contributed by atoms with Crippen molar-refractivity contribution in [1.82, 2.24) is 0 Å². The van der Waals surface area contributed by atoms with Crippen LogP contribution < -0.4 is 4.74 Å². The van der Waals surface area contributed by atoms with Crippen LogP contribution >= 0.6 is 0 Å². The largest absolute Gasteiger partial charge is 0.504 e. The average Bonchev–Trinajstić information content (AvgIpc) is 2.46. The number of hydrogen-bond donors (Lipinski definition) is 2. The molecule has 2 aromatic carbocycles. The van der Waals surface area contributed by atoms with Crippen LogP contribution in [0.1, 0.15) is 16.7 Å². The predicted octanol–water partition coefficient (Wildman–Crippen LogP) is 2.34. The molecule has 0 bridgehead atoms. The SMILES string of the molecule is N#Cc1ccc(COc2ccc(CO)cc2O)cc1. The van der Waals surface area contributed by atoms with E-state index in [2.05, 4.69) is 0 Å². The molecule has 0 spiro atoms. The number of aliphatic hydroxyl groups is 1. The highest BCUT2D eigenvalue weighted by Gasteiger charge is 2.04. The van der Waals surface area contributed by atoms with Gasteiger partial charge < -0.3 is 14.9 Å². The van der Waals surface area contributed by atoms with Crippen molar-refractivity contribution in [2.75, 3.05) is 0 Å². The Morgan fingerprint density at radius 3 is 2.32 bits per heavy atom. The molecule has 0 fully saturated rings. The summed E-state index contributed by atoms with van der Waals surface area (Å²) in [6.45, 7) is 0.182. The quantitative estimate of drug-likeness (QED) is 0.879. The second-order valence-corrected chi connectivity index (χ2v) is 4.06. The Labute approximate surface area is 111 Å². The molecule has 0 atom stereocenters. The minimum Gasteiger partial charge on any atom is -0.504 e. The molecule has 2 aromatic rings. The maximum atomic E-state index is 9.70. The average molecular weight is 255 g/mol. The fraction of sp³-hybridized carbons (Fsp3) is 0.133. The van der Waals surface area contributed by atoms with Gasteiger partial charge in [-0.3, -0.25) is 0 Å². The van der Waals surface area contributed by atoms with Crippen molar-refractivity contribution < 1.29 is 14.9 Å². The number of benzene rings is 2. The minimum atomic E-state index is -0.122. The number of nitriles is 1. The lowest BCUT2D eigenvalue weighted by Gasteiger charge is -2.09.